The Morgan fingerprint density at radius 3 is 1.50 bits per heavy atom. The van der Waals surface area contributed by atoms with Crippen molar-refractivity contribution < 1.29 is 0 Å². The van der Waals surface area contributed by atoms with Crippen LogP contribution >= 0.6 is 0 Å². The highest BCUT2D eigenvalue weighted by Gasteiger charge is 2.20. The molecule has 0 N–H and O–H groups in total. The number of fused-ring (bicyclic) bond motifs is 5. The minimum atomic E-state index is 1.08. The minimum absolute atomic E-state index is 1.08. The van der Waals surface area contributed by atoms with Crippen LogP contribution in [0.1, 0.15) is 0 Å². The first kappa shape index (κ1) is 37.3. The van der Waals surface area contributed by atoms with Gasteiger partial charge in [0.15, 0.2) is 0 Å². The zero-order valence-electron chi connectivity index (χ0n) is 35.1. The lowest BCUT2D eigenvalue weighted by Gasteiger charge is -2.27. The zero-order valence-corrected chi connectivity index (χ0v) is 35.1. The van der Waals surface area contributed by atoms with Gasteiger partial charge >= 0.3 is 0 Å². The number of anilines is 3. The summed E-state index contributed by atoms with van der Waals surface area (Å²) < 4.78 is 2.43. The third-order valence-corrected chi connectivity index (χ3v) is 12.8. The lowest BCUT2D eigenvalue weighted by molar-refractivity contribution is 1.18. The summed E-state index contributed by atoms with van der Waals surface area (Å²) in [5.74, 6) is 0. The first-order valence-electron chi connectivity index (χ1n) is 22.0. The molecule has 0 atom stereocenters. The van der Waals surface area contributed by atoms with Crippen molar-refractivity contribution in [1.29, 1.82) is 0 Å². The Balaban J connectivity index is 0.988. The van der Waals surface area contributed by atoms with E-state index in [0.717, 1.165) is 28.3 Å². The van der Waals surface area contributed by atoms with Crippen molar-refractivity contribution in [2.45, 2.75) is 0 Å². The van der Waals surface area contributed by atoms with Crippen molar-refractivity contribution in [2.24, 2.45) is 0 Å². The monoisotopic (exact) mass is 814 g/mol. The number of nitrogens with zero attached hydrogens (tertiary/aromatic N) is 2. The lowest BCUT2D eigenvalue weighted by Crippen LogP contribution is -2.10. The summed E-state index contributed by atoms with van der Waals surface area (Å²) in [7, 11) is 0. The molecule has 64 heavy (non-hydrogen) atoms. The molecule has 0 aliphatic carbocycles. The fourth-order valence-electron chi connectivity index (χ4n) is 9.73. The molecule has 0 bridgehead atoms. The Morgan fingerprint density at radius 2 is 0.750 bits per heavy atom. The Hall–Kier alpha value is -8.46. The molecule has 0 spiro atoms. The Bertz CT molecular complexity index is 3600. The lowest BCUT2D eigenvalue weighted by atomic mass is 9.92. The number of rotatable bonds is 8. The Kier molecular flexibility index (Phi) is 9.20. The summed E-state index contributed by atoms with van der Waals surface area (Å²) in [4.78, 5) is 2.40. The first-order chi connectivity index (χ1) is 31.7. The molecule has 0 fully saturated rings. The van der Waals surface area contributed by atoms with Crippen molar-refractivity contribution in [3.05, 3.63) is 255 Å². The van der Waals surface area contributed by atoms with E-state index >= 15 is 0 Å². The average Bonchev–Trinajstić information content (AvgIpc) is 3.71. The standard InChI is InChI=1S/C62H42N2/c1-2-16-47(17-3-1)59-42-52(39-40-55(59)56-22-8-11-26-60(56)64-61-27-12-9-23-57(61)58-24-10-13-28-62(58)64)63(51-38-35-43-15-4-5-19-49(43)41-51)50-36-33-45(34-37-50)44-29-31-48(32-30-44)54-25-14-20-46-18-6-7-21-53(46)54/h1-42H. The molecular formula is C62H42N2. The van der Waals surface area contributed by atoms with Crippen LogP contribution in [0.25, 0.3) is 93.5 Å². The van der Waals surface area contributed by atoms with E-state index in [1.165, 1.54) is 82.3 Å². The van der Waals surface area contributed by atoms with Crippen molar-refractivity contribution in [2.75, 3.05) is 4.90 Å². The van der Waals surface area contributed by atoms with E-state index in [1.807, 2.05) is 0 Å². The average molecular weight is 815 g/mol. The van der Waals surface area contributed by atoms with Crippen molar-refractivity contribution in [1.82, 2.24) is 4.57 Å². The molecular weight excluding hydrogens is 773 g/mol. The van der Waals surface area contributed by atoms with Gasteiger partial charge in [0.05, 0.1) is 16.7 Å². The van der Waals surface area contributed by atoms with E-state index in [1.54, 1.807) is 0 Å². The number of benzene rings is 11. The normalized spacial score (nSPS) is 11.4. The summed E-state index contributed by atoms with van der Waals surface area (Å²) >= 11 is 0. The number of hydrogen-bond acceptors (Lipinski definition) is 1. The van der Waals surface area contributed by atoms with Gasteiger partial charge in [-0.25, -0.2) is 0 Å². The van der Waals surface area contributed by atoms with E-state index in [0.29, 0.717) is 0 Å². The Labute approximate surface area is 373 Å². The molecule has 11 aromatic carbocycles. The number of aromatic nitrogens is 1. The van der Waals surface area contributed by atoms with Crippen LogP contribution in [0.4, 0.5) is 17.1 Å². The van der Waals surface area contributed by atoms with Crippen LogP contribution < -0.4 is 4.90 Å². The SMILES string of the molecule is c1ccc(-c2cc(N(c3ccc(-c4ccc(-c5cccc6ccccc56)cc4)cc3)c3ccc4ccccc4c3)ccc2-c2ccccc2-n2c3ccccc3c3ccccc32)cc1. The summed E-state index contributed by atoms with van der Waals surface area (Å²) in [5, 5.41) is 7.45. The molecule has 0 saturated heterocycles. The van der Waals surface area contributed by atoms with E-state index < -0.39 is 0 Å². The van der Waals surface area contributed by atoms with Crippen LogP contribution in [0.3, 0.4) is 0 Å². The minimum Gasteiger partial charge on any atom is -0.310 e. The molecule has 0 amide bonds. The second-order valence-corrected chi connectivity index (χ2v) is 16.5. The van der Waals surface area contributed by atoms with Crippen LogP contribution in [0.5, 0.6) is 0 Å². The van der Waals surface area contributed by atoms with Gasteiger partial charge < -0.3 is 9.47 Å². The highest BCUT2D eigenvalue weighted by molar-refractivity contribution is 6.10. The van der Waals surface area contributed by atoms with Crippen molar-refractivity contribution >= 4 is 60.4 Å². The molecule has 0 aliphatic rings. The molecule has 0 aliphatic heterocycles. The summed E-state index contributed by atoms with van der Waals surface area (Å²) in [6, 6.07) is 92.7. The fourth-order valence-corrected chi connectivity index (χ4v) is 9.73. The molecule has 12 rings (SSSR count). The van der Waals surface area contributed by atoms with Gasteiger partial charge in [-0.05, 0) is 115 Å². The topological polar surface area (TPSA) is 8.17 Å². The van der Waals surface area contributed by atoms with Crippen LogP contribution in [0, 0.1) is 0 Å². The van der Waals surface area contributed by atoms with Gasteiger partial charge in [-0.2, -0.15) is 0 Å². The summed E-state index contributed by atoms with van der Waals surface area (Å²) in [5.41, 5.74) is 16.3. The van der Waals surface area contributed by atoms with Gasteiger partial charge in [-0.3, -0.25) is 0 Å². The third-order valence-electron chi connectivity index (χ3n) is 12.8. The number of para-hydroxylation sites is 3. The van der Waals surface area contributed by atoms with Crippen LogP contribution in [-0.4, -0.2) is 4.57 Å². The molecule has 300 valence electrons. The number of hydrogen-bond donors (Lipinski definition) is 0. The predicted octanol–water partition coefficient (Wildman–Crippen LogP) is 17.2. The van der Waals surface area contributed by atoms with Gasteiger partial charge in [0.2, 0.25) is 0 Å². The summed E-state index contributed by atoms with van der Waals surface area (Å²) in [6.45, 7) is 0. The maximum atomic E-state index is 2.43. The quantitative estimate of drug-likeness (QED) is 0.148. The predicted molar refractivity (Wildman–Crippen MR) is 272 cm³/mol. The highest BCUT2D eigenvalue weighted by Crippen LogP contribution is 2.44. The van der Waals surface area contributed by atoms with Crippen molar-refractivity contribution in [3.63, 3.8) is 0 Å². The molecule has 0 unspecified atom stereocenters. The van der Waals surface area contributed by atoms with Gasteiger partial charge in [0, 0.05) is 33.4 Å². The maximum Gasteiger partial charge on any atom is 0.0541 e. The van der Waals surface area contributed by atoms with E-state index in [2.05, 4.69) is 264 Å². The molecule has 0 radical (unpaired) electrons. The fraction of sp³-hybridized carbons (Fsp3) is 0. The molecule has 2 nitrogen and oxygen atoms in total. The van der Waals surface area contributed by atoms with E-state index in [9.17, 15) is 0 Å². The van der Waals surface area contributed by atoms with Gasteiger partial charge in [-0.1, -0.05) is 200 Å². The highest BCUT2D eigenvalue weighted by atomic mass is 15.1. The van der Waals surface area contributed by atoms with Crippen LogP contribution in [0.2, 0.25) is 0 Å². The molecule has 2 heteroatoms. The van der Waals surface area contributed by atoms with E-state index in [4.69, 9.17) is 0 Å². The van der Waals surface area contributed by atoms with Gasteiger partial charge in [-0.15, -0.1) is 0 Å². The second-order valence-electron chi connectivity index (χ2n) is 16.5. The molecule has 12 aromatic rings. The smallest absolute Gasteiger partial charge is 0.0541 e. The third kappa shape index (κ3) is 6.52. The first-order valence-corrected chi connectivity index (χ1v) is 22.0. The van der Waals surface area contributed by atoms with Gasteiger partial charge in [0.25, 0.3) is 0 Å². The van der Waals surface area contributed by atoms with Crippen molar-refractivity contribution in [3.8, 4) is 50.2 Å². The Morgan fingerprint density at radius 1 is 0.250 bits per heavy atom. The zero-order chi connectivity index (χ0) is 42.4. The van der Waals surface area contributed by atoms with Crippen LogP contribution in [-0.2, 0) is 0 Å². The van der Waals surface area contributed by atoms with Gasteiger partial charge in [0.1, 0.15) is 0 Å². The molecule has 1 aromatic heterocycles. The largest absolute Gasteiger partial charge is 0.310 e. The summed E-state index contributed by atoms with van der Waals surface area (Å²) in [6.07, 6.45) is 0. The molecule has 0 saturated carbocycles. The van der Waals surface area contributed by atoms with E-state index in [-0.39, 0.29) is 0 Å². The van der Waals surface area contributed by atoms with Crippen LogP contribution in [0.15, 0.2) is 255 Å². The maximum absolute atomic E-state index is 2.43. The second kappa shape index (κ2) is 15.8. The molecule has 1 heterocycles.